The zero-order chi connectivity index (χ0) is 24.8. The molecule has 0 aliphatic carbocycles. The first-order chi connectivity index (χ1) is 16.3. The number of anilines is 1. The van der Waals surface area contributed by atoms with Crippen LogP contribution in [0.3, 0.4) is 0 Å². The fraction of sp³-hybridized carbons (Fsp3) is 0.462. The van der Waals surface area contributed by atoms with Gasteiger partial charge in [-0.15, -0.1) is 0 Å². The van der Waals surface area contributed by atoms with Crippen molar-refractivity contribution < 1.29 is 23.8 Å². The molecule has 1 saturated heterocycles. The van der Waals surface area contributed by atoms with Crippen molar-refractivity contribution in [2.24, 2.45) is 5.92 Å². The number of methoxy groups -OCH3 is 3. The van der Waals surface area contributed by atoms with E-state index in [2.05, 4.69) is 37.2 Å². The molecule has 3 rings (SSSR count). The molecule has 2 amide bonds. The lowest BCUT2D eigenvalue weighted by Gasteiger charge is -2.23. The van der Waals surface area contributed by atoms with Crippen molar-refractivity contribution in [1.82, 2.24) is 10.2 Å². The van der Waals surface area contributed by atoms with E-state index in [0.29, 0.717) is 42.1 Å². The maximum atomic E-state index is 13.0. The summed E-state index contributed by atoms with van der Waals surface area (Å²) >= 11 is 0. The predicted octanol–water partition coefficient (Wildman–Crippen LogP) is 3.22. The third-order valence-electron chi connectivity index (χ3n) is 6.33. The Balaban J connectivity index is 1.69. The number of rotatable bonds is 10. The largest absolute Gasteiger partial charge is 0.493 e. The molecule has 1 atom stereocenters. The summed E-state index contributed by atoms with van der Waals surface area (Å²) in [6, 6.07) is 12.0. The lowest BCUT2D eigenvalue weighted by atomic mass is 10.1. The molecule has 0 aromatic heterocycles. The van der Waals surface area contributed by atoms with Gasteiger partial charge in [0.25, 0.3) is 0 Å². The van der Waals surface area contributed by atoms with Gasteiger partial charge in [0.05, 0.1) is 32.9 Å². The Morgan fingerprint density at radius 2 is 1.71 bits per heavy atom. The van der Waals surface area contributed by atoms with E-state index in [1.807, 2.05) is 18.2 Å². The average molecular weight is 470 g/mol. The van der Waals surface area contributed by atoms with Crippen molar-refractivity contribution in [2.45, 2.75) is 39.4 Å². The Morgan fingerprint density at radius 3 is 2.26 bits per heavy atom. The first-order valence-corrected chi connectivity index (χ1v) is 11.4. The minimum absolute atomic E-state index is 0.117. The van der Waals surface area contributed by atoms with Gasteiger partial charge in [-0.2, -0.15) is 0 Å². The number of nitrogens with zero attached hydrogens (tertiary/aromatic N) is 2. The maximum Gasteiger partial charge on any atom is 0.227 e. The van der Waals surface area contributed by atoms with Gasteiger partial charge >= 0.3 is 0 Å². The number of ether oxygens (including phenoxy) is 3. The van der Waals surface area contributed by atoms with Crippen LogP contribution < -0.4 is 24.4 Å². The van der Waals surface area contributed by atoms with E-state index in [1.165, 1.54) is 26.9 Å². The summed E-state index contributed by atoms with van der Waals surface area (Å²) in [7, 11) is 6.67. The van der Waals surface area contributed by atoms with Crippen LogP contribution in [0, 0.1) is 5.92 Å². The second-order valence-electron chi connectivity index (χ2n) is 8.78. The average Bonchev–Trinajstić information content (AvgIpc) is 3.23. The molecule has 1 heterocycles. The van der Waals surface area contributed by atoms with Crippen LogP contribution in [0.1, 0.15) is 31.4 Å². The number of hydrogen-bond acceptors (Lipinski definition) is 6. The standard InChI is InChI=1S/C26H35N3O5/c1-17(2)28(3)15-19-10-8-7-9-18(19)14-27-26(31)20-11-24(30)29(16-20)21-12-22(32-4)25(34-6)23(13-21)33-5/h7-10,12-13,17,20H,11,14-16H2,1-6H3,(H,27,31). The number of nitrogens with one attached hydrogen (secondary N) is 1. The van der Waals surface area contributed by atoms with Gasteiger partial charge in [-0.1, -0.05) is 24.3 Å². The van der Waals surface area contributed by atoms with E-state index in [-0.39, 0.29) is 18.2 Å². The van der Waals surface area contributed by atoms with Gasteiger partial charge in [-0.25, -0.2) is 0 Å². The monoisotopic (exact) mass is 469 g/mol. The van der Waals surface area contributed by atoms with Gasteiger partial charge in [0.1, 0.15) is 0 Å². The van der Waals surface area contributed by atoms with E-state index >= 15 is 0 Å². The third kappa shape index (κ3) is 5.62. The molecule has 0 radical (unpaired) electrons. The second kappa shape index (κ2) is 11.2. The van der Waals surface area contributed by atoms with Crippen LogP contribution in [0.2, 0.25) is 0 Å². The molecule has 1 aliphatic heterocycles. The van der Waals surface area contributed by atoms with Gasteiger partial charge in [0.15, 0.2) is 11.5 Å². The zero-order valence-corrected chi connectivity index (χ0v) is 20.9. The fourth-order valence-electron chi connectivity index (χ4n) is 4.02. The van der Waals surface area contributed by atoms with Crippen molar-refractivity contribution in [3.05, 3.63) is 47.5 Å². The zero-order valence-electron chi connectivity index (χ0n) is 20.9. The molecule has 2 aromatic rings. The molecule has 1 fully saturated rings. The van der Waals surface area contributed by atoms with Crippen LogP contribution in [0.5, 0.6) is 17.2 Å². The van der Waals surface area contributed by atoms with Crippen LogP contribution in [-0.4, -0.2) is 57.7 Å². The van der Waals surface area contributed by atoms with Crippen molar-refractivity contribution in [2.75, 3.05) is 39.8 Å². The van der Waals surface area contributed by atoms with Crippen molar-refractivity contribution in [3.63, 3.8) is 0 Å². The normalized spacial score (nSPS) is 15.7. The molecule has 0 saturated carbocycles. The molecule has 34 heavy (non-hydrogen) atoms. The minimum atomic E-state index is -0.433. The first-order valence-electron chi connectivity index (χ1n) is 11.4. The van der Waals surface area contributed by atoms with Crippen LogP contribution in [0.15, 0.2) is 36.4 Å². The molecular formula is C26H35N3O5. The highest BCUT2D eigenvalue weighted by Gasteiger charge is 2.36. The molecule has 8 nitrogen and oxygen atoms in total. The highest BCUT2D eigenvalue weighted by atomic mass is 16.5. The summed E-state index contributed by atoms with van der Waals surface area (Å²) in [4.78, 5) is 29.6. The van der Waals surface area contributed by atoms with Crippen molar-refractivity contribution >= 4 is 17.5 Å². The SMILES string of the molecule is COc1cc(N2CC(C(=O)NCc3ccccc3CN(C)C(C)C)CC2=O)cc(OC)c1OC. The third-order valence-corrected chi connectivity index (χ3v) is 6.33. The summed E-state index contributed by atoms with van der Waals surface area (Å²) in [5.74, 6) is 0.693. The van der Waals surface area contributed by atoms with E-state index in [0.717, 1.165) is 12.1 Å². The van der Waals surface area contributed by atoms with Crippen LogP contribution in [0.4, 0.5) is 5.69 Å². The molecule has 1 aliphatic rings. The Labute approximate surface area is 201 Å². The lowest BCUT2D eigenvalue weighted by molar-refractivity contribution is -0.126. The number of benzene rings is 2. The van der Waals surface area contributed by atoms with E-state index in [9.17, 15) is 9.59 Å². The van der Waals surface area contributed by atoms with E-state index in [1.54, 1.807) is 17.0 Å². The van der Waals surface area contributed by atoms with Crippen molar-refractivity contribution in [3.8, 4) is 17.2 Å². The summed E-state index contributed by atoms with van der Waals surface area (Å²) in [6.07, 6.45) is 0.153. The van der Waals surface area contributed by atoms with E-state index < -0.39 is 5.92 Å². The highest BCUT2D eigenvalue weighted by molar-refractivity contribution is 6.00. The van der Waals surface area contributed by atoms with Gasteiger partial charge in [-0.05, 0) is 32.0 Å². The molecule has 1 N–H and O–H groups in total. The molecule has 2 aromatic carbocycles. The van der Waals surface area contributed by atoms with Gasteiger partial charge in [0, 0.05) is 44.2 Å². The summed E-state index contributed by atoms with van der Waals surface area (Å²) in [5, 5.41) is 3.03. The number of carbonyl (C=O) groups excluding carboxylic acids is 2. The molecular weight excluding hydrogens is 434 g/mol. The first kappa shape index (κ1) is 25.4. The van der Waals surface area contributed by atoms with Crippen LogP contribution >= 0.6 is 0 Å². The smallest absolute Gasteiger partial charge is 0.227 e. The fourth-order valence-corrected chi connectivity index (χ4v) is 4.02. The Bertz CT molecular complexity index is 998. The summed E-state index contributed by atoms with van der Waals surface area (Å²) in [6.45, 7) is 5.83. The topological polar surface area (TPSA) is 80.3 Å². The maximum absolute atomic E-state index is 13.0. The Morgan fingerprint density at radius 1 is 1.09 bits per heavy atom. The number of hydrogen-bond donors (Lipinski definition) is 1. The highest BCUT2D eigenvalue weighted by Crippen LogP contribution is 2.42. The lowest BCUT2D eigenvalue weighted by Crippen LogP contribution is -2.33. The molecule has 1 unspecified atom stereocenters. The van der Waals surface area contributed by atoms with Crippen LogP contribution in [-0.2, 0) is 22.7 Å². The summed E-state index contributed by atoms with van der Waals surface area (Å²) < 4.78 is 16.2. The molecule has 184 valence electrons. The number of amides is 2. The van der Waals surface area contributed by atoms with Gasteiger partial charge < -0.3 is 24.4 Å². The molecule has 0 bridgehead atoms. The minimum Gasteiger partial charge on any atom is -0.493 e. The van der Waals surface area contributed by atoms with Gasteiger partial charge in [-0.3, -0.25) is 14.5 Å². The molecule has 8 heteroatoms. The quantitative estimate of drug-likeness (QED) is 0.576. The molecule has 0 spiro atoms. The number of carbonyl (C=O) groups is 2. The Hall–Kier alpha value is -3.26. The predicted molar refractivity (Wildman–Crippen MR) is 131 cm³/mol. The summed E-state index contributed by atoms with van der Waals surface area (Å²) in [5.41, 5.74) is 2.87. The second-order valence-corrected chi connectivity index (χ2v) is 8.78. The Kier molecular flexibility index (Phi) is 8.39. The van der Waals surface area contributed by atoms with Crippen molar-refractivity contribution in [1.29, 1.82) is 0 Å². The van der Waals surface area contributed by atoms with Gasteiger partial charge in [0.2, 0.25) is 17.6 Å². The van der Waals surface area contributed by atoms with E-state index in [4.69, 9.17) is 14.2 Å². The van der Waals surface area contributed by atoms with Crippen LogP contribution in [0.25, 0.3) is 0 Å².